The van der Waals surface area contributed by atoms with Gasteiger partial charge in [0.05, 0.1) is 10.5 Å². The van der Waals surface area contributed by atoms with Gasteiger partial charge in [0, 0.05) is 6.07 Å². The number of hydrogen-bond acceptors (Lipinski definition) is 4. The molecular weight excluding hydrogens is 203 g/mol. The number of nitro groups is 1. The van der Waals surface area contributed by atoms with Crippen LogP contribution in [0.2, 0.25) is 0 Å². The van der Waals surface area contributed by atoms with Crippen molar-refractivity contribution in [1.29, 1.82) is 5.26 Å². The first kappa shape index (κ1) is 10.8. The van der Waals surface area contributed by atoms with E-state index in [1.54, 1.807) is 0 Å². The quantitative estimate of drug-likeness (QED) is 0.421. The molecule has 0 aliphatic carbocycles. The van der Waals surface area contributed by atoms with Crippen LogP contribution in [0.4, 0.5) is 10.1 Å². The fourth-order valence-corrected chi connectivity index (χ4v) is 1.07. The number of nitro benzene ring substituents is 1. The van der Waals surface area contributed by atoms with Crippen molar-refractivity contribution in [3.63, 3.8) is 0 Å². The third-order valence-electron chi connectivity index (χ3n) is 1.78. The molecule has 76 valence electrons. The van der Waals surface area contributed by atoms with E-state index in [4.69, 9.17) is 5.26 Å². The third kappa shape index (κ3) is 1.96. The van der Waals surface area contributed by atoms with Crippen molar-refractivity contribution >= 4 is 11.5 Å². The SMILES string of the molecule is CC(=O)c1cc([N+](=O)[O-])c(C#N)cc1F. The smallest absolute Gasteiger partial charge is 0.288 e. The number of rotatable bonds is 2. The minimum Gasteiger partial charge on any atom is -0.294 e. The predicted molar refractivity (Wildman–Crippen MR) is 47.8 cm³/mol. The Bertz CT molecular complexity index is 491. The number of carbonyl (C=O) groups excluding carboxylic acids is 1. The predicted octanol–water partition coefficient (Wildman–Crippen LogP) is 1.81. The van der Waals surface area contributed by atoms with Crippen molar-refractivity contribution in [2.75, 3.05) is 0 Å². The van der Waals surface area contributed by atoms with Crippen LogP contribution in [-0.4, -0.2) is 10.7 Å². The van der Waals surface area contributed by atoms with Crippen LogP contribution in [0.3, 0.4) is 0 Å². The fraction of sp³-hybridized carbons (Fsp3) is 0.111. The number of halogens is 1. The molecule has 0 radical (unpaired) electrons. The van der Waals surface area contributed by atoms with Gasteiger partial charge >= 0.3 is 0 Å². The number of benzene rings is 1. The van der Waals surface area contributed by atoms with Gasteiger partial charge in [-0.05, 0) is 13.0 Å². The van der Waals surface area contributed by atoms with Gasteiger partial charge in [-0.25, -0.2) is 4.39 Å². The summed E-state index contributed by atoms with van der Waals surface area (Å²) in [6, 6.07) is 2.95. The number of Topliss-reactive ketones (excluding diaryl/α,β-unsaturated/α-hetero) is 1. The molecule has 0 heterocycles. The maximum Gasteiger partial charge on any atom is 0.288 e. The molecule has 1 rings (SSSR count). The Hall–Kier alpha value is -2.29. The molecule has 0 atom stereocenters. The highest BCUT2D eigenvalue weighted by atomic mass is 19.1. The summed E-state index contributed by atoms with van der Waals surface area (Å²) in [4.78, 5) is 20.6. The summed E-state index contributed by atoms with van der Waals surface area (Å²) >= 11 is 0. The summed E-state index contributed by atoms with van der Waals surface area (Å²) in [5.41, 5.74) is -1.35. The van der Waals surface area contributed by atoms with Crippen molar-refractivity contribution in [3.05, 3.63) is 39.2 Å². The van der Waals surface area contributed by atoms with Gasteiger partial charge in [-0.3, -0.25) is 14.9 Å². The Morgan fingerprint density at radius 1 is 1.60 bits per heavy atom. The van der Waals surface area contributed by atoms with Crippen LogP contribution in [0.1, 0.15) is 22.8 Å². The van der Waals surface area contributed by atoms with Crippen LogP contribution in [0.5, 0.6) is 0 Å². The molecule has 0 saturated heterocycles. The van der Waals surface area contributed by atoms with E-state index < -0.39 is 27.8 Å². The molecule has 1 aromatic carbocycles. The third-order valence-corrected chi connectivity index (χ3v) is 1.78. The summed E-state index contributed by atoms with van der Waals surface area (Å²) in [6.45, 7) is 1.09. The maximum absolute atomic E-state index is 13.1. The second-order valence-corrected chi connectivity index (χ2v) is 2.77. The Morgan fingerprint density at radius 2 is 2.20 bits per heavy atom. The summed E-state index contributed by atoms with van der Waals surface area (Å²) in [6.07, 6.45) is 0. The Kier molecular flexibility index (Phi) is 2.76. The molecule has 0 aliphatic rings. The van der Waals surface area contributed by atoms with Crippen molar-refractivity contribution in [3.8, 4) is 6.07 Å². The highest BCUT2D eigenvalue weighted by Crippen LogP contribution is 2.22. The first-order valence-electron chi connectivity index (χ1n) is 3.86. The number of nitriles is 1. The Balaban J connectivity index is 3.52. The van der Waals surface area contributed by atoms with Crippen molar-refractivity contribution in [2.45, 2.75) is 6.92 Å². The molecule has 0 spiro atoms. The highest BCUT2D eigenvalue weighted by molar-refractivity contribution is 5.95. The molecule has 0 N–H and O–H groups in total. The topological polar surface area (TPSA) is 84.0 Å². The molecule has 0 aromatic heterocycles. The molecule has 6 heteroatoms. The standard InChI is InChI=1S/C9H5FN2O3/c1-5(13)7-3-9(12(14)15)6(4-11)2-8(7)10/h2-3H,1H3. The van der Waals surface area contributed by atoms with E-state index >= 15 is 0 Å². The molecule has 0 amide bonds. The molecule has 0 unspecified atom stereocenters. The lowest BCUT2D eigenvalue weighted by molar-refractivity contribution is -0.385. The molecule has 1 aromatic rings. The van der Waals surface area contributed by atoms with Crippen LogP contribution < -0.4 is 0 Å². The van der Waals surface area contributed by atoms with Gasteiger partial charge in [0.1, 0.15) is 17.4 Å². The van der Waals surface area contributed by atoms with E-state index in [0.717, 1.165) is 13.0 Å². The summed E-state index contributed by atoms with van der Waals surface area (Å²) in [5, 5.41) is 19.0. The fourth-order valence-electron chi connectivity index (χ4n) is 1.07. The molecule has 0 saturated carbocycles. The zero-order valence-corrected chi connectivity index (χ0v) is 7.65. The van der Waals surface area contributed by atoms with Gasteiger partial charge in [0.2, 0.25) is 0 Å². The van der Waals surface area contributed by atoms with Crippen LogP contribution in [-0.2, 0) is 0 Å². The molecular formula is C9H5FN2O3. The maximum atomic E-state index is 13.1. The van der Waals surface area contributed by atoms with Gasteiger partial charge < -0.3 is 0 Å². The zero-order chi connectivity index (χ0) is 11.6. The lowest BCUT2D eigenvalue weighted by Gasteiger charge is -1.99. The zero-order valence-electron chi connectivity index (χ0n) is 7.65. The van der Waals surface area contributed by atoms with Crippen LogP contribution in [0.15, 0.2) is 12.1 Å². The molecule has 15 heavy (non-hydrogen) atoms. The number of carbonyl (C=O) groups is 1. The summed E-state index contributed by atoms with van der Waals surface area (Å²) in [5.74, 6) is -1.55. The average Bonchev–Trinajstić information content (AvgIpc) is 2.16. The molecule has 5 nitrogen and oxygen atoms in total. The molecule has 0 fully saturated rings. The van der Waals surface area contributed by atoms with E-state index in [-0.39, 0.29) is 5.56 Å². The summed E-state index contributed by atoms with van der Waals surface area (Å²) < 4.78 is 13.1. The first-order chi connectivity index (χ1) is 6.97. The number of ketones is 1. The van der Waals surface area contributed by atoms with Gasteiger partial charge in [-0.15, -0.1) is 0 Å². The Labute approximate surface area is 83.9 Å². The summed E-state index contributed by atoms with van der Waals surface area (Å²) in [7, 11) is 0. The lowest BCUT2D eigenvalue weighted by atomic mass is 10.1. The monoisotopic (exact) mass is 208 g/mol. The minimum atomic E-state index is -0.926. The largest absolute Gasteiger partial charge is 0.294 e. The Morgan fingerprint density at radius 3 is 2.60 bits per heavy atom. The van der Waals surface area contributed by atoms with E-state index in [1.165, 1.54) is 6.07 Å². The number of hydrogen-bond donors (Lipinski definition) is 0. The van der Waals surface area contributed by atoms with Gasteiger partial charge in [-0.2, -0.15) is 5.26 Å². The van der Waals surface area contributed by atoms with Crippen molar-refractivity contribution < 1.29 is 14.1 Å². The average molecular weight is 208 g/mol. The first-order valence-corrected chi connectivity index (χ1v) is 3.86. The van der Waals surface area contributed by atoms with E-state index in [2.05, 4.69) is 0 Å². The van der Waals surface area contributed by atoms with Crippen LogP contribution >= 0.6 is 0 Å². The van der Waals surface area contributed by atoms with E-state index in [0.29, 0.717) is 6.07 Å². The minimum absolute atomic E-state index is 0.388. The number of nitrogens with zero attached hydrogens (tertiary/aromatic N) is 2. The molecule has 0 bridgehead atoms. The van der Waals surface area contributed by atoms with Gasteiger partial charge in [0.25, 0.3) is 5.69 Å². The van der Waals surface area contributed by atoms with Gasteiger partial charge in [-0.1, -0.05) is 0 Å². The second kappa shape index (κ2) is 3.84. The second-order valence-electron chi connectivity index (χ2n) is 2.77. The normalized spacial score (nSPS) is 9.40. The van der Waals surface area contributed by atoms with Crippen LogP contribution in [0, 0.1) is 27.3 Å². The lowest BCUT2D eigenvalue weighted by Crippen LogP contribution is -2.01. The van der Waals surface area contributed by atoms with Gasteiger partial charge in [0.15, 0.2) is 5.78 Å². The van der Waals surface area contributed by atoms with E-state index in [9.17, 15) is 19.3 Å². The highest BCUT2D eigenvalue weighted by Gasteiger charge is 2.19. The van der Waals surface area contributed by atoms with E-state index in [1.807, 2.05) is 0 Å². The van der Waals surface area contributed by atoms with Crippen LogP contribution in [0.25, 0.3) is 0 Å². The van der Waals surface area contributed by atoms with Crippen molar-refractivity contribution in [2.24, 2.45) is 0 Å². The van der Waals surface area contributed by atoms with Crippen molar-refractivity contribution in [1.82, 2.24) is 0 Å². The molecule has 0 aliphatic heterocycles.